The van der Waals surface area contributed by atoms with Gasteiger partial charge in [-0.05, 0) is 42.5 Å². The minimum atomic E-state index is -0.464. The molecule has 1 heterocycles. The molecule has 6 heteroatoms. The minimum absolute atomic E-state index is 0.0859. The number of hydrogen-bond acceptors (Lipinski definition) is 4. The van der Waals surface area contributed by atoms with Gasteiger partial charge in [-0.25, -0.2) is 0 Å². The number of carbonyl (C=O) groups is 1. The van der Waals surface area contributed by atoms with Gasteiger partial charge in [0.1, 0.15) is 0 Å². The summed E-state index contributed by atoms with van der Waals surface area (Å²) in [6, 6.07) is 22.3. The summed E-state index contributed by atoms with van der Waals surface area (Å²) in [4.78, 5) is 26.0. The summed E-state index contributed by atoms with van der Waals surface area (Å²) in [6.07, 6.45) is 2.59. The monoisotopic (exact) mass is 401 g/mol. The minimum Gasteiger partial charge on any atom is -0.384 e. The molecule has 152 valence electrons. The van der Waals surface area contributed by atoms with Crippen LogP contribution < -0.4 is 10.2 Å². The quantitative estimate of drug-likeness (QED) is 0.474. The Hall–Kier alpha value is -3.67. The molecule has 0 fully saturated rings. The first-order valence-electron chi connectivity index (χ1n) is 10.1. The number of nitrogens with zero attached hydrogens (tertiary/aromatic N) is 2. The number of nitro groups is 1. The van der Waals surface area contributed by atoms with Gasteiger partial charge >= 0.3 is 0 Å². The Morgan fingerprint density at radius 2 is 1.80 bits per heavy atom. The number of anilines is 2. The molecule has 3 aromatic carbocycles. The van der Waals surface area contributed by atoms with Gasteiger partial charge in [0.15, 0.2) is 0 Å². The Morgan fingerprint density at radius 3 is 2.60 bits per heavy atom. The zero-order chi connectivity index (χ0) is 20.9. The smallest absolute Gasteiger partial charge is 0.270 e. The van der Waals surface area contributed by atoms with Crippen LogP contribution in [0.3, 0.4) is 0 Å². The van der Waals surface area contributed by atoms with Gasteiger partial charge in [0.05, 0.1) is 10.5 Å². The summed E-state index contributed by atoms with van der Waals surface area (Å²) in [7, 11) is 0. The first-order chi connectivity index (χ1) is 14.6. The normalized spacial score (nSPS) is 12.9. The van der Waals surface area contributed by atoms with E-state index in [2.05, 4.69) is 5.32 Å². The van der Waals surface area contributed by atoms with Gasteiger partial charge in [-0.3, -0.25) is 14.9 Å². The van der Waals surface area contributed by atoms with E-state index in [4.69, 9.17) is 0 Å². The van der Waals surface area contributed by atoms with Crippen molar-refractivity contribution < 1.29 is 9.72 Å². The van der Waals surface area contributed by atoms with Crippen LogP contribution in [0.2, 0.25) is 0 Å². The van der Waals surface area contributed by atoms with Crippen molar-refractivity contribution in [2.24, 2.45) is 0 Å². The number of nitro benzene ring substituents is 1. The molecule has 0 aliphatic carbocycles. The molecule has 0 aromatic heterocycles. The van der Waals surface area contributed by atoms with Crippen molar-refractivity contribution in [2.45, 2.75) is 19.3 Å². The lowest BCUT2D eigenvalue weighted by Gasteiger charge is -2.30. The summed E-state index contributed by atoms with van der Waals surface area (Å²) in [5.74, 6) is -0.215. The number of benzene rings is 3. The van der Waals surface area contributed by atoms with Crippen LogP contribution in [0, 0.1) is 10.1 Å². The second-order valence-corrected chi connectivity index (χ2v) is 7.34. The fraction of sp³-hybridized carbons (Fsp3) is 0.208. The highest BCUT2D eigenvalue weighted by Crippen LogP contribution is 2.31. The van der Waals surface area contributed by atoms with Gasteiger partial charge in [-0.15, -0.1) is 0 Å². The molecular formula is C24H23N3O3. The van der Waals surface area contributed by atoms with Gasteiger partial charge in [0.2, 0.25) is 0 Å². The summed E-state index contributed by atoms with van der Waals surface area (Å²) in [6.45, 7) is 1.22. The molecular weight excluding hydrogens is 378 g/mol. The number of non-ortho nitro benzene ring substituents is 1. The highest BCUT2D eigenvalue weighted by molar-refractivity contribution is 6.10. The van der Waals surface area contributed by atoms with Crippen LogP contribution in [0.4, 0.5) is 17.1 Å². The first-order valence-corrected chi connectivity index (χ1v) is 10.1. The third kappa shape index (κ3) is 4.17. The van der Waals surface area contributed by atoms with Crippen molar-refractivity contribution in [1.82, 2.24) is 0 Å². The molecule has 0 bridgehead atoms. The summed E-state index contributed by atoms with van der Waals surface area (Å²) in [5.41, 5.74) is 4.05. The Bertz CT molecular complexity index is 1070. The average molecular weight is 401 g/mol. The van der Waals surface area contributed by atoms with Crippen LogP contribution in [0.25, 0.3) is 0 Å². The van der Waals surface area contributed by atoms with E-state index in [1.807, 2.05) is 54.6 Å². The molecule has 1 amide bonds. The standard InChI is InChI=1S/C24H23N3O3/c28-24(26-16-6-10-19-9-4-5-11-23(19)26)21-17-20(27(29)30)12-13-22(21)25-15-14-18-7-2-1-3-8-18/h1-5,7-9,11-13,17,25H,6,10,14-16H2. The van der Waals surface area contributed by atoms with Gasteiger partial charge < -0.3 is 10.2 Å². The number of aryl methyl sites for hydroxylation is 1. The molecule has 1 aliphatic heterocycles. The SMILES string of the molecule is O=C(c1cc([N+](=O)[O-])ccc1NCCc1ccccc1)N1CCCc2ccccc21. The van der Waals surface area contributed by atoms with E-state index in [1.165, 1.54) is 17.7 Å². The van der Waals surface area contributed by atoms with Crippen molar-refractivity contribution in [2.75, 3.05) is 23.3 Å². The Balaban J connectivity index is 1.61. The second kappa shape index (κ2) is 8.78. The van der Waals surface area contributed by atoms with Gasteiger partial charge in [-0.2, -0.15) is 0 Å². The molecule has 0 atom stereocenters. The van der Waals surface area contributed by atoms with Crippen LogP contribution in [0.15, 0.2) is 72.8 Å². The average Bonchev–Trinajstić information content (AvgIpc) is 2.79. The van der Waals surface area contributed by atoms with Crippen molar-refractivity contribution in [3.05, 3.63) is 99.6 Å². The number of rotatable bonds is 6. The van der Waals surface area contributed by atoms with E-state index in [-0.39, 0.29) is 11.6 Å². The number of fused-ring (bicyclic) bond motifs is 1. The largest absolute Gasteiger partial charge is 0.384 e. The molecule has 30 heavy (non-hydrogen) atoms. The summed E-state index contributed by atoms with van der Waals surface area (Å²) in [5, 5.41) is 14.6. The van der Waals surface area contributed by atoms with E-state index in [0.29, 0.717) is 24.3 Å². The Kier molecular flexibility index (Phi) is 5.75. The lowest BCUT2D eigenvalue weighted by molar-refractivity contribution is -0.384. The van der Waals surface area contributed by atoms with Crippen LogP contribution >= 0.6 is 0 Å². The fourth-order valence-corrected chi connectivity index (χ4v) is 3.85. The number of carbonyl (C=O) groups excluding carboxylic acids is 1. The molecule has 0 radical (unpaired) electrons. The lowest BCUT2D eigenvalue weighted by atomic mass is 10.00. The highest BCUT2D eigenvalue weighted by Gasteiger charge is 2.26. The summed E-state index contributed by atoms with van der Waals surface area (Å²) >= 11 is 0. The van der Waals surface area contributed by atoms with Gasteiger partial charge in [0.25, 0.3) is 11.6 Å². The molecule has 0 spiro atoms. The molecule has 6 nitrogen and oxygen atoms in total. The van der Waals surface area contributed by atoms with Gasteiger partial charge in [-0.1, -0.05) is 48.5 Å². The fourth-order valence-electron chi connectivity index (χ4n) is 3.85. The molecule has 1 aliphatic rings. The maximum atomic E-state index is 13.5. The molecule has 0 saturated heterocycles. The number of hydrogen-bond donors (Lipinski definition) is 1. The van der Waals surface area contributed by atoms with Crippen molar-refractivity contribution >= 4 is 23.0 Å². The number of para-hydroxylation sites is 1. The molecule has 1 N–H and O–H groups in total. The molecule has 4 rings (SSSR count). The van der Waals surface area contributed by atoms with E-state index < -0.39 is 4.92 Å². The molecule has 3 aromatic rings. The third-order valence-electron chi connectivity index (χ3n) is 5.37. The van der Waals surface area contributed by atoms with Crippen LogP contribution in [0.5, 0.6) is 0 Å². The predicted molar refractivity (Wildman–Crippen MR) is 118 cm³/mol. The second-order valence-electron chi connectivity index (χ2n) is 7.34. The van der Waals surface area contributed by atoms with Crippen LogP contribution in [-0.4, -0.2) is 23.9 Å². The third-order valence-corrected chi connectivity index (χ3v) is 5.37. The topological polar surface area (TPSA) is 75.5 Å². The Labute approximate surface area is 175 Å². The number of amides is 1. The van der Waals surface area contributed by atoms with Crippen LogP contribution in [0.1, 0.15) is 27.9 Å². The zero-order valence-electron chi connectivity index (χ0n) is 16.6. The van der Waals surface area contributed by atoms with E-state index in [9.17, 15) is 14.9 Å². The van der Waals surface area contributed by atoms with Crippen molar-refractivity contribution in [3.8, 4) is 0 Å². The van der Waals surface area contributed by atoms with E-state index in [1.54, 1.807) is 11.0 Å². The van der Waals surface area contributed by atoms with Crippen molar-refractivity contribution in [3.63, 3.8) is 0 Å². The van der Waals surface area contributed by atoms with E-state index in [0.717, 1.165) is 30.5 Å². The summed E-state index contributed by atoms with van der Waals surface area (Å²) < 4.78 is 0. The van der Waals surface area contributed by atoms with Crippen molar-refractivity contribution in [1.29, 1.82) is 0 Å². The van der Waals surface area contributed by atoms with E-state index >= 15 is 0 Å². The lowest BCUT2D eigenvalue weighted by Crippen LogP contribution is -2.36. The predicted octanol–water partition coefficient (Wildman–Crippen LogP) is 4.84. The molecule has 0 unspecified atom stereocenters. The molecule has 0 saturated carbocycles. The first kappa shape index (κ1) is 19.6. The maximum absolute atomic E-state index is 13.5. The van der Waals surface area contributed by atoms with Crippen LogP contribution in [-0.2, 0) is 12.8 Å². The number of nitrogens with one attached hydrogen (secondary N) is 1. The Morgan fingerprint density at radius 1 is 1.03 bits per heavy atom. The highest BCUT2D eigenvalue weighted by atomic mass is 16.6. The van der Waals surface area contributed by atoms with Gasteiger partial charge in [0, 0.05) is 36.6 Å². The maximum Gasteiger partial charge on any atom is 0.270 e. The zero-order valence-corrected chi connectivity index (χ0v) is 16.6.